The first-order chi connectivity index (χ1) is 15.6. The average Bonchev–Trinajstić information content (AvgIpc) is 2.79. The summed E-state index contributed by atoms with van der Waals surface area (Å²) in [6.45, 7) is 4.96. The van der Waals surface area contributed by atoms with Crippen LogP contribution >= 0.6 is 0 Å². The number of carboxylic acid groups (broad SMARTS) is 1. The summed E-state index contributed by atoms with van der Waals surface area (Å²) in [6, 6.07) is 9.24. The van der Waals surface area contributed by atoms with Gasteiger partial charge in [0, 0.05) is 28.2 Å². The SMILES string of the molecule is CC1=C(C)C(=O)C(C(CC(CCCCCCO[N+](=O)[O-])C(=O)O)c2ccccc2)=C(C)C1=O. The van der Waals surface area contributed by atoms with Crippen LogP contribution in [0.4, 0.5) is 0 Å². The van der Waals surface area contributed by atoms with Crippen molar-refractivity contribution in [3.05, 3.63) is 68.3 Å². The van der Waals surface area contributed by atoms with Crippen LogP contribution in [0.15, 0.2) is 52.6 Å². The van der Waals surface area contributed by atoms with Gasteiger partial charge in [0.1, 0.15) is 0 Å². The minimum atomic E-state index is -0.941. The van der Waals surface area contributed by atoms with Crippen molar-refractivity contribution in [3.63, 3.8) is 0 Å². The van der Waals surface area contributed by atoms with Crippen molar-refractivity contribution >= 4 is 17.5 Å². The molecule has 178 valence electrons. The number of aliphatic carboxylic acids is 1. The average molecular weight is 458 g/mol. The molecule has 1 aliphatic rings. The zero-order valence-corrected chi connectivity index (χ0v) is 19.3. The third-order valence-corrected chi connectivity index (χ3v) is 6.30. The second kappa shape index (κ2) is 12.1. The molecule has 1 aliphatic carbocycles. The first-order valence-corrected chi connectivity index (χ1v) is 11.2. The van der Waals surface area contributed by atoms with Gasteiger partial charge in [0.25, 0.3) is 5.09 Å². The van der Waals surface area contributed by atoms with Crippen LogP contribution in [0.2, 0.25) is 0 Å². The summed E-state index contributed by atoms with van der Waals surface area (Å²) >= 11 is 0. The van der Waals surface area contributed by atoms with Gasteiger partial charge in [0.15, 0.2) is 11.6 Å². The molecule has 2 atom stereocenters. The molecule has 0 spiro atoms. The van der Waals surface area contributed by atoms with Crippen LogP contribution in [-0.2, 0) is 19.2 Å². The van der Waals surface area contributed by atoms with Crippen LogP contribution < -0.4 is 0 Å². The van der Waals surface area contributed by atoms with Gasteiger partial charge >= 0.3 is 5.97 Å². The molecule has 1 aromatic rings. The van der Waals surface area contributed by atoms with Crippen molar-refractivity contribution in [2.45, 2.75) is 65.2 Å². The predicted octanol–water partition coefficient (Wildman–Crippen LogP) is 4.82. The molecule has 33 heavy (non-hydrogen) atoms. The van der Waals surface area contributed by atoms with E-state index in [4.69, 9.17) is 0 Å². The quantitative estimate of drug-likeness (QED) is 0.195. The fourth-order valence-electron chi connectivity index (χ4n) is 4.25. The van der Waals surface area contributed by atoms with Gasteiger partial charge in [0.05, 0.1) is 12.5 Å². The Balaban J connectivity index is 2.19. The van der Waals surface area contributed by atoms with Gasteiger partial charge in [-0.15, -0.1) is 10.1 Å². The molecule has 0 saturated heterocycles. The first kappa shape index (κ1) is 26.0. The Morgan fingerprint density at radius 2 is 1.58 bits per heavy atom. The number of hydrogen-bond donors (Lipinski definition) is 1. The summed E-state index contributed by atoms with van der Waals surface area (Å²) in [7, 11) is 0. The molecule has 0 amide bonds. The van der Waals surface area contributed by atoms with E-state index in [0.717, 1.165) is 12.0 Å². The summed E-state index contributed by atoms with van der Waals surface area (Å²) in [5.41, 5.74) is 2.42. The Morgan fingerprint density at radius 3 is 2.18 bits per heavy atom. The van der Waals surface area contributed by atoms with Crippen molar-refractivity contribution in [2.24, 2.45) is 5.92 Å². The molecule has 8 heteroatoms. The van der Waals surface area contributed by atoms with Crippen LogP contribution in [0.5, 0.6) is 0 Å². The number of carbonyl (C=O) groups excluding carboxylic acids is 2. The third-order valence-electron chi connectivity index (χ3n) is 6.30. The number of carboxylic acids is 1. The fraction of sp³-hybridized carbons (Fsp3) is 0.480. The van der Waals surface area contributed by atoms with Gasteiger partial charge in [-0.1, -0.05) is 49.6 Å². The minimum absolute atomic E-state index is 0.0291. The molecule has 2 unspecified atom stereocenters. The second-order valence-corrected chi connectivity index (χ2v) is 8.44. The van der Waals surface area contributed by atoms with E-state index in [1.165, 1.54) is 0 Å². The highest BCUT2D eigenvalue weighted by molar-refractivity contribution is 6.25. The predicted molar refractivity (Wildman–Crippen MR) is 122 cm³/mol. The number of carbonyl (C=O) groups is 3. The molecule has 0 saturated carbocycles. The Hall–Kier alpha value is -3.29. The molecule has 0 bridgehead atoms. The zero-order chi connectivity index (χ0) is 24.5. The Kier molecular flexibility index (Phi) is 9.51. The molecule has 1 aromatic carbocycles. The fourth-order valence-corrected chi connectivity index (χ4v) is 4.25. The lowest BCUT2D eigenvalue weighted by Crippen LogP contribution is -2.27. The Bertz CT molecular complexity index is 962. The molecule has 2 rings (SSSR count). The van der Waals surface area contributed by atoms with Crippen LogP contribution in [0.25, 0.3) is 0 Å². The standard InChI is InChI=1S/C25H31NO7/c1-16-17(2)24(28)22(18(3)23(16)27)21(19-11-8-6-9-12-19)15-20(25(29)30)13-7-4-5-10-14-33-26(31)32/h6,8-9,11-12,20-21H,4-5,7,10,13-15H2,1-3H3,(H,29,30). The van der Waals surface area contributed by atoms with E-state index in [1.54, 1.807) is 20.8 Å². The van der Waals surface area contributed by atoms with Crippen LogP contribution in [-0.4, -0.2) is 34.3 Å². The maximum atomic E-state index is 13.2. The van der Waals surface area contributed by atoms with E-state index < -0.39 is 22.9 Å². The second-order valence-electron chi connectivity index (χ2n) is 8.44. The van der Waals surface area contributed by atoms with Crippen molar-refractivity contribution in [1.82, 2.24) is 0 Å². The van der Waals surface area contributed by atoms with Crippen LogP contribution in [0, 0.1) is 16.0 Å². The summed E-state index contributed by atoms with van der Waals surface area (Å²) in [5, 5.41) is 19.2. The third kappa shape index (κ3) is 6.84. The molecule has 0 fully saturated rings. The molecule has 0 heterocycles. The summed E-state index contributed by atoms with van der Waals surface area (Å²) < 4.78 is 0. The highest BCUT2D eigenvalue weighted by atomic mass is 16.9. The first-order valence-electron chi connectivity index (χ1n) is 11.2. The van der Waals surface area contributed by atoms with Gasteiger partial charge in [-0.2, -0.15) is 0 Å². The maximum absolute atomic E-state index is 13.2. The number of benzene rings is 1. The highest BCUT2D eigenvalue weighted by Gasteiger charge is 2.35. The number of allylic oxidation sites excluding steroid dienone is 4. The lowest BCUT2D eigenvalue weighted by molar-refractivity contribution is -0.757. The van der Waals surface area contributed by atoms with Crippen molar-refractivity contribution in [2.75, 3.05) is 6.61 Å². The van der Waals surface area contributed by atoms with Crippen LogP contribution in [0.1, 0.15) is 70.8 Å². The van der Waals surface area contributed by atoms with Gasteiger partial charge in [-0.3, -0.25) is 14.4 Å². The van der Waals surface area contributed by atoms with Gasteiger partial charge < -0.3 is 9.94 Å². The number of unbranched alkanes of at least 4 members (excludes halogenated alkanes) is 3. The highest BCUT2D eigenvalue weighted by Crippen LogP contribution is 2.39. The molecule has 0 radical (unpaired) electrons. The van der Waals surface area contributed by atoms with E-state index in [1.807, 2.05) is 30.3 Å². The Labute approximate surface area is 193 Å². The lowest BCUT2D eigenvalue weighted by Gasteiger charge is -2.28. The molecule has 0 aliphatic heterocycles. The van der Waals surface area contributed by atoms with Gasteiger partial charge in [-0.05, 0) is 45.6 Å². The van der Waals surface area contributed by atoms with Gasteiger partial charge in [0.2, 0.25) is 0 Å². The van der Waals surface area contributed by atoms with E-state index >= 15 is 0 Å². The minimum Gasteiger partial charge on any atom is -0.481 e. The molecular weight excluding hydrogens is 426 g/mol. The number of nitrogens with zero attached hydrogens (tertiary/aromatic N) is 1. The van der Waals surface area contributed by atoms with E-state index in [-0.39, 0.29) is 24.6 Å². The number of Topliss-reactive ketones (excluding diaryl/α,β-unsaturated/α-hetero) is 2. The number of rotatable bonds is 13. The monoisotopic (exact) mass is 457 g/mol. The molecule has 0 aromatic heterocycles. The summed E-state index contributed by atoms with van der Waals surface area (Å²) in [5.74, 6) is -2.51. The van der Waals surface area contributed by atoms with Crippen molar-refractivity contribution in [1.29, 1.82) is 0 Å². The smallest absolute Gasteiger partial charge is 0.306 e. The van der Waals surface area contributed by atoms with Crippen molar-refractivity contribution < 1.29 is 29.4 Å². The lowest BCUT2D eigenvalue weighted by atomic mass is 9.74. The van der Waals surface area contributed by atoms with E-state index in [0.29, 0.717) is 48.0 Å². The maximum Gasteiger partial charge on any atom is 0.306 e. The van der Waals surface area contributed by atoms with Crippen LogP contribution in [0.3, 0.4) is 0 Å². The number of hydrogen-bond acceptors (Lipinski definition) is 6. The largest absolute Gasteiger partial charge is 0.481 e. The summed E-state index contributed by atoms with van der Waals surface area (Å²) in [4.78, 5) is 52.5. The topological polar surface area (TPSA) is 124 Å². The number of ketones is 2. The Morgan fingerprint density at radius 1 is 0.970 bits per heavy atom. The van der Waals surface area contributed by atoms with E-state index in [2.05, 4.69) is 4.84 Å². The van der Waals surface area contributed by atoms with E-state index in [9.17, 15) is 29.6 Å². The normalized spacial score (nSPS) is 16.1. The molecular formula is C25H31NO7. The molecule has 8 nitrogen and oxygen atoms in total. The van der Waals surface area contributed by atoms with Gasteiger partial charge in [-0.25, -0.2) is 0 Å². The molecule has 1 N–H and O–H groups in total. The zero-order valence-electron chi connectivity index (χ0n) is 19.3. The van der Waals surface area contributed by atoms with Crippen molar-refractivity contribution in [3.8, 4) is 0 Å². The summed E-state index contributed by atoms with van der Waals surface area (Å²) in [6.07, 6.45) is 3.21.